The van der Waals surface area contributed by atoms with Gasteiger partial charge in [-0.3, -0.25) is 4.90 Å². The summed E-state index contributed by atoms with van der Waals surface area (Å²) < 4.78 is 30.1. The predicted octanol–water partition coefficient (Wildman–Crippen LogP) is 8.02. The predicted molar refractivity (Wildman–Crippen MR) is 181 cm³/mol. The monoisotopic (exact) mass is 656 g/mol. The summed E-state index contributed by atoms with van der Waals surface area (Å²) in [6, 6.07) is -0.117. The number of rotatable bonds is 23. The normalized spacial score (nSPS) is 27.4. The van der Waals surface area contributed by atoms with Crippen molar-refractivity contribution in [3.05, 3.63) is 0 Å². The van der Waals surface area contributed by atoms with E-state index in [2.05, 4.69) is 0 Å². The standard InChI is InChI=1S/C37H69NO8/c1-35(2,3)46-34(41)38-30(29-43-36(38,4)5)28-42-27-21-16-14-12-10-8-6-7-9-11-13-15-19-24-37-25-23-31(40)33(45-37)32(44-37)22-18-17-20-26-39/h30-33,39-40H,6-29H2,1-5H3/t30-,31+,32+,33+,37-/m0/s1. The van der Waals surface area contributed by atoms with Crippen LogP contribution in [-0.4, -0.2) is 89.1 Å². The van der Waals surface area contributed by atoms with Gasteiger partial charge in [-0.2, -0.15) is 0 Å². The van der Waals surface area contributed by atoms with E-state index < -0.39 is 23.2 Å². The molecule has 2 bridgehead atoms. The van der Waals surface area contributed by atoms with Gasteiger partial charge in [0.2, 0.25) is 0 Å². The maximum Gasteiger partial charge on any atom is 0.412 e. The van der Waals surface area contributed by atoms with E-state index in [-0.39, 0.29) is 30.9 Å². The highest BCUT2D eigenvalue weighted by molar-refractivity contribution is 5.69. The quantitative estimate of drug-likeness (QED) is 0.107. The molecule has 0 aliphatic carbocycles. The Balaban J connectivity index is 1.10. The van der Waals surface area contributed by atoms with E-state index in [9.17, 15) is 9.90 Å². The molecule has 3 rings (SSSR count). The topological polar surface area (TPSA) is 107 Å². The third-order valence-electron chi connectivity index (χ3n) is 9.75. The van der Waals surface area contributed by atoms with Gasteiger partial charge < -0.3 is 33.9 Å². The van der Waals surface area contributed by atoms with Crippen LogP contribution < -0.4 is 0 Å². The molecular weight excluding hydrogens is 586 g/mol. The van der Waals surface area contributed by atoms with Crippen molar-refractivity contribution in [1.29, 1.82) is 0 Å². The van der Waals surface area contributed by atoms with Gasteiger partial charge in [-0.25, -0.2) is 4.79 Å². The van der Waals surface area contributed by atoms with E-state index in [0.29, 0.717) is 13.2 Å². The van der Waals surface area contributed by atoms with E-state index >= 15 is 0 Å². The number of amides is 1. The van der Waals surface area contributed by atoms with Crippen LogP contribution in [0.3, 0.4) is 0 Å². The Bertz CT molecular complexity index is 848. The summed E-state index contributed by atoms with van der Waals surface area (Å²) in [6.07, 6.45) is 21.7. The molecule has 3 aliphatic heterocycles. The van der Waals surface area contributed by atoms with Crippen LogP contribution in [0.15, 0.2) is 0 Å². The van der Waals surface area contributed by atoms with Crippen molar-refractivity contribution in [2.75, 3.05) is 26.4 Å². The van der Waals surface area contributed by atoms with Crippen molar-refractivity contribution in [2.45, 2.75) is 205 Å². The number of carbonyl (C=O) groups excluding carboxylic acids is 1. The summed E-state index contributed by atoms with van der Waals surface area (Å²) in [5.74, 6) is -0.466. The van der Waals surface area contributed by atoms with Gasteiger partial charge >= 0.3 is 6.09 Å². The van der Waals surface area contributed by atoms with E-state index in [1.54, 1.807) is 4.90 Å². The zero-order valence-corrected chi connectivity index (χ0v) is 30.1. The molecule has 3 aliphatic rings. The van der Waals surface area contributed by atoms with Crippen molar-refractivity contribution in [3.8, 4) is 0 Å². The minimum Gasteiger partial charge on any atom is -0.444 e. The Kier molecular flexibility index (Phi) is 17.1. The average molecular weight is 656 g/mol. The first-order chi connectivity index (χ1) is 22.0. The molecule has 9 heteroatoms. The molecule has 0 spiro atoms. The minimum atomic E-state index is -0.685. The van der Waals surface area contributed by atoms with Gasteiger partial charge in [-0.1, -0.05) is 83.5 Å². The van der Waals surface area contributed by atoms with E-state index in [0.717, 1.165) is 64.4 Å². The lowest BCUT2D eigenvalue weighted by atomic mass is 9.94. The van der Waals surface area contributed by atoms with Crippen molar-refractivity contribution in [2.24, 2.45) is 0 Å². The molecule has 5 atom stereocenters. The minimum absolute atomic E-state index is 0.000804. The molecule has 9 nitrogen and oxygen atoms in total. The molecule has 0 unspecified atom stereocenters. The van der Waals surface area contributed by atoms with E-state index in [1.807, 2.05) is 34.6 Å². The van der Waals surface area contributed by atoms with Crippen LogP contribution in [0.25, 0.3) is 0 Å². The highest BCUT2D eigenvalue weighted by Crippen LogP contribution is 2.44. The number of carbonyl (C=O) groups is 1. The summed E-state index contributed by atoms with van der Waals surface area (Å²) in [6.45, 7) is 11.4. The SMILES string of the molecule is CC(C)(C)OC(=O)N1[C@@H](COCCCCCCCCCCCCCCC[C@@]23CC[C@@H](O)[C@@H](O2)[C@@H](CCCCCO)O3)COC1(C)C. The molecule has 3 fully saturated rings. The molecule has 2 N–H and O–H groups in total. The highest BCUT2D eigenvalue weighted by atomic mass is 16.8. The second-order valence-corrected chi connectivity index (χ2v) is 15.5. The maximum atomic E-state index is 12.7. The summed E-state index contributed by atoms with van der Waals surface area (Å²) in [5, 5.41) is 19.4. The first-order valence-electron chi connectivity index (χ1n) is 18.8. The van der Waals surface area contributed by atoms with Crippen LogP contribution >= 0.6 is 0 Å². The number of aliphatic hydroxyl groups excluding tert-OH is 2. The largest absolute Gasteiger partial charge is 0.444 e. The van der Waals surface area contributed by atoms with Gasteiger partial charge in [0, 0.05) is 26.1 Å². The van der Waals surface area contributed by atoms with Crippen LogP contribution in [0, 0.1) is 0 Å². The van der Waals surface area contributed by atoms with Gasteiger partial charge in [0.25, 0.3) is 0 Å². The van der Waals surface area contributed by atoms with Crippen LogP contribution in [0.5, 0.6) is 0 Å². The number of nitrogens with zero attached hydrogens (tertiary/aromatic N) is 1. The molecule has 3 saturated heterocycles. The summed E-state index contributed by atoms with van der Waals surface area (Å²) in [4.78, 5) is 14.4. The summed E-state index contributed by atoms with van der Waals surface area (Å²) >= 11 is 0. The van der Waals surface area contributed by atoms with E-state index in [1.165, 1.54) is 70.6 Å². The number of fused-ring (bicyclic) bond motifs is 2. The number of ether oxygens (including phenoxy) is 5. The third kappa shape index (κ3) is 13.5. The van der Waals surface area contributed by atoms with Gasteiger partial charge in [0.1, 0.15) is 17.4 Å². The lowest BCUT2D eigenvalue weighted by Gasteiger charge is -2.35. The fraction of sp³-hybridized carbons (Fsp3) is 0.973. The molecular formula is C37H69NO8. The zero-order chi connectivity index (χ0) is 33.5. The Morgan fingerprint density at radius 1 is 0.848 bits per heavy atom. The van der Waals surface area contributed by atoms with Crippen molar-refractivity contribution in [1.82, 2.24) is 4.90 Å². The van der Waals surface area contributed by atoms with Gasteiger partial charge in [-0.05, 0) is 66.7 Å². The van der Waals surface area contributed by atoms with Crippen LogP contribution in [0.2, 0.25) is 0 Å². The number of hydrogen-bond acceptors (Lipinski definition) is 8. The second kappa shape index (κ2) is 19.9. The molecule has 270 valence electrons. The lowest BCUT2D eigenvalue weighted by Crippen LogP contribution is -2.51. The summed E-state index contributed by atoms with van der Waals surface area (Å²) in [5.41, 5.74) is -1.22. The molecule has 0 aromatic rings. The van der Waals surface area contributed by atoms with Crippen molar-refractivity contribution in [3.63, 3.8) is 0 Å². The Hall–Kier alpha value is -0.970. The van der Waals surface area contributed by atoms with Crippen LogP contribution in [0.4, 0.5) is 4.79 Å². The molecule has 46 heavy (non-hydrogen) atoms. The fourth-order valence-corrected chi connectivity index (χ4v) is 7.22. The second-order valence-electron chi connectivity index (χ2n) is 15.5. The Morgan fingerprint density at radius 3 is 2.04 bits per heavy atom. The Morgan fingerprint density at radius 2 is 1.43 bits per heavy atom. The van der Waals surface area contributed by atoms with Gasteiger partial charge in [0.05, 0.1) is 31.5 Å². The maximum absolute atomic E-state index is 12.7. The van der Waals surface area contributed by atoms with Crippen molar-refractivity contribution < 1.29 is 38.7 Å². The van der Waals surface area contributed by atoms with Crippen molar-refractivity contribution >= 4 is 6.09 Å². The first kappa shape index (κ1) is 39.5. The summed E-state index contributed by atoms with van der Waals surface area (Å²) in [7, 11) is 0. The lowest BCUT2D eigenvalue weighted by molar-refractivity contribution is -0.214. The van der Waals surface area contributed by atoms with Crippen LogP contribution in [0.1, 0.15) is 163 Å². The Labute approximate surface area is 280 Å². The zero-order valence-electron chi connectivity index (χ0n) is 30.1. The van der Waals surface area contributed by atoms with Gasteiger partial charge in [-0.15, -0.1) is 0 Å². The molecule has 0 aromatic carbocycles. The molecule has 0 saturated carbocycles. The molecule has 0 aromatic heterocycles. The van der Waals surface area contributed by atoms with E-state index in [4.69, 9.17) is 28.8 Å². The molecule has 3 heterocycles. The number of hydrogen-bond donors (Lipinski definition) is 2. The third-order valence-corrected chi connectivity index (χ3v) is 9.75. The number of unbranched alkanes of at least 4 members (excludes halogenated alkanes) is 14. The fourth-order valence-electron chi connectivity index (χ4n) is 7.22. The number of aliphatic hydroxyl groups is 2. The average Bonchev–Trinajstić information content (AvgIpc) is 3.47. The smallest absolute Gasteiger partial charge is 0.412 e. The first-order valence-corrected chi connectivity index (χ1v) is 18.8. The molecule has 0 radical (unpaired) electrons. The van der Waals surface area contributed by atoms with Crippen LogP contribution in [-0.2, 0) is 23.7 Å². The molecule has 1 amide bonds. The highest BCUT2D eigenvalue weighted by Gasteiger charge is 2.53. The van der Waals surface area contributed by atoms with Gasteiger partial charge in [0.15, 0.2) is 5.79 Å².